The van der Waals surface area contributed by atoms with E-state index in [0.29, 0.717) is 0 Å². The van der Waals surface area contributed by atoms with Crippen molar-refractivity contribution in [2.45, 2.75) is 26.7 Å². The average molecular weight is 224 g/mol. The van der Waals surface area contributed by atoms with Crippen LogP contribution >= 0.6 is 24.8 Å². The van der Waals surface area contributed by atoms with Crippen LogP contribution in [0.4, 0.5) is 0 Å². The number of hydrogen-bond acceptors (Lipinski definition) is 1. The third-order valence-electron chi connectivity index (χ3n) is 1.99. The summed E-state index contributed by atoms with van der Waals surface area (Å²) in [6, 6.07) is 0. The van der Waals surface area contributed by atoms with Gasteiger partial charge in [-0.2, -0.15) is 0 Å². The van der Waals surface area contributed by atoms with Gasteiger partial charge in [0.25, 0.3) is 0 Å². The first kappa shape index (κ1) is 15.3. The summed E-state index contributed by atoms with van der Waals surface area (Å²) in [7, 11) is 0. The molecule has 0 aliphatic carbocycles. The third-order valence-corrected chi connectivity index (χ3v) is 1.99. The van der Waals surface area contributed by atoms with Gasteiger partial charge in [0, 0.05) is 13.1 Å². The minimum atomic E-state index is 0. The van der Waals surface area contributed by atoms with E-state index < -0.39 is 0 Å². The predicted molar refractivity (Wildman–Crippen MR) is 63.9 cm³/mol. The fourth-order valence-electron chi connectivity index (χ4n) is 1.14. The molecule has 0 fully saturated rings. The molecule has 1 nitrogen and oxygen atoms in total. The molecule has 0 unspecified atom stereocenters. The Bertz CT molecular complexity index is 176. The Kier molecular flexibility index (Phi) is 9.98. The van der Waals surface area contributed by atoms with Gasteiger partial charge in [-0.1, -0.05) is 25.0 Å². The Balaban J connectivity index is 0. The molecule has 0 aromatic carbocycles. The third kappa shape index (κ3) is 6.00. The lowest BCUT2D eigenvalue weighted by molar-refractivity contribution is 0.399. The molecule has 1 rings (SSSR count). The topological polar surface area (TPSA) is 3.24 Å². The summed E-state index contributed by atoms with van der Waals surface area (Å²) < 4.78 is 0. The molecule has 13 heavy (non-hydrogen) atoms. The van der Waals surface area contributed by atoms with E-state index in [1.807, 2.05) is 0 Å². The zero-order valence-corrected chi connectivity index (χ0v) is 9.96. The van der Waals surface area contributed by atoms with Crippen LogP contribution < -0.4 is 0 Å². The zero-order valence-electron chi connectivity index (χ0n) is 8.32. The Morgan fingerprint density at radius 1 is 1.38 bits per heavy atom. The van der Waals surface area contributed by atoms with Crippen LogP contribution in [-0.2, 0) is 0 Å². The zero-order chi connectivity index (χ0) is 8.10. The summed E-state index contributed by atoms with van der Waals surface area (Å²) in [5.41, 5.74) is 1.39. The van der Waals surface area contributed by atoms with Crippen molar-refractivity contribution in [3.8, 4) is 0 Å². The molecular weight excluding hydrogens is 205 g/mol. The molecule has 1 heterocycles. The number of rotatable bonds is 3. The van der Waals surface area contributed by atoms with Crippen molar-refractivity contribution in [3.05, 3.63) is 23.9 Å². The van der Waals surface area contributed by atoms with E-state index in [1.54, 1.807) is 0 Å². The number of allylic oxidation sites excluding steroid dienone is 2. The number of halogens is 2. The second-order valence-electron chi connectivity index (χ2n) is 3.11. The quantitative estimate of drug-likeness (QED) is 0.710. The summed E-state index contributed by atoms with van der Waals surface area (Å²) in [5.74, 6) is 0. The largest absolute Gasteiger partial charge is 0.374 e. The molecule has 0 amide bonds. The van der Waals surface area contributed by atoms with Crippen LogP contribution in [0.1, 0.15) is 26.7 Å². The molecule has 0 N–H and O–H groups in total. The normalized spacial score (nSPS) is 14.3. The second-order valence-corrected chi connectivity index (χ2v) is 3.11. The summed E-state index contributed by atoms with van der Waals surface area (Å²) in [6.45, 7) is 6.68. The van der Waals surface area contributed by atoms with Crippen molar-refractivity contribution >= 4 is 24.8 Å². The van der Waals surface area contributed by atoms with Crippen LogP contribution in [0.15, 0.2) is 23.9 Å². The Morgan fingerprint density at radius 2 is 2.08 bits per heavy atom. The van der Waals surface area contributed by atoms with Gasteiger partial charge in [-0.3, -0.25) is 0 Å². The van der Waals surface area contributed by atoms with Crippen molar-refractivity contribution < 1.29 is 0 Å². The van der Waals surface area contributed by atoms with Gasteiger partial charge in [-0.15, -0.1) is 24.8 Å². The van der Waals surface area contributed by atoms with Crippen LogP contribution in [0.25, 0.3) is 0 Å². The number of unbranched alkanes of at least 4 members (excludes halogenated alkanes) is 1. The first-order chi connectivity index (χ1) is 5.33. The van der Waals surface area contributed by atoms with Crippen LogP contribution in [0.5, 0.6) is 0 Å². The molecule has 0 bridgehead atoms. The van der Waals surface area contributed by atoms with Crippen molar-refractivity contribution in [3.63, 3.8) is 0 Å². The highest BCUT2D eigenvalue weighted by Gasteiger charge is 1.99. The van der Waals surface area contributed by atoms with E-state index in [2.05, 4.69) is 37.1 Å². The first-order valence-electron chi connectivity index (χ1n) is 4.42. The molecular formula is C10H19Cl2N. The molecule has 0 atom stereocenters. The summed E-state index contributed by atoms with van der Waals surface area (Å²) in [5, 5.41) is 0. The standard InChI is InChI=1S/C10H17N.2ClH/c1-3-4-7-11-8-5-10(2)6-9-11;;/h5-6,8H,3-4,7,9H2,1-2H3;2*1H. The molecule has 0 aromatic heterocycles. The molecule has 0 saturated carbocycles. The lowest BCUT2D eigenvalue weighted by Crippen LogP contribution is -2.20. The molecule has 1 aliphatic rings. The fourth-order valence-corrected chi connectivity index (χ4v) is 1.14. The highest BCUT2D eigenvalue weighted by molar-refractivity contribution is 5.85. The predicted octanol–water partition coefficient (Wildman–Crippen LogP) is 3.41. The maximum atomic E-state index is 2.36. The maximum absolute atomic E-state index is 2.36. The van der Waals surface area contributed by atoms with Gasteiger partial charge >= 0.3 is 0 Å². The van der Waals surface area contributed by atoms with E-state index in [1.165, 1.54) is 25.0 Å². The minimum absolute atomic E-state index is 0. The van der Waals surface area contributed by atoms with Crippen LogP contribution in [-0.4, -0.2) is 18.0 Å². The molecule has 0 aromatic rings. The van der Waals surface area contributed by atoms with E-state index in [0.717, 1.165) is 6.54 Å². The van der Waals surface area contributed by atoms with Crippen LogP contribution in [0.3, 0.4) is 0 Å². The van der Waals surface area contributed by atoms with Gasteiger partial charge in [-0.25, -0.2) is 0 Å². The molecule has 1 aliphatic heterocycles. The minimum Gasteiger partial charge on any atom is -0.374 e. The smallest absolute Gasteiger partial charge is 0.0359 e. The number of hydrogen-bond donors (Lipinski definition) is 0. The summed E-state index contributed by atoms with van der Waals surface area (Å²) >= 11 is 0. The SMILES string of the molecule is CCCCN1C=CC(C)=CC1.Cl.Cl. The Hall–Kier alpha value is -0.140. The van der Waals surface area contributed by atoms with Crippen molar-refractivity contribution in [1.82, 2.24) is 4.90 Å². The highest BCUT2D eigenvalue weighted by atomic mass is 35.5. The Labute approximate surface area is 93.7 Å². The van der Waals surface area contributed by atoms with E-state index >= 15 is 0 Å². The van der Waals surface area contributed by atoms with Gasteiger partial charge in [0.15, 0.2) is 0 Å². The van der Waals surface area contributed by atoms with Gasteiger partial charge < -0.3 is 4.90 Å². The van der Waals surface area contributed by atoms with Gasteiger partial charge in [0.2, 0.25) is 0 Å². The second kappa shape index (κ2) is 8.46. The lowest BCUT2D eigenvalue weighted by atomic mass is 10.2. The fraction of sp³-hybridized carbons (Fsp3) is 0.600. The molecule has 0 radical (unpaired) electrons. The molecule has 3 heteroatoms. The molecule has 0 saturated heterocycles. The lowest BCUT2D eigenvalue weighted by Gasteiger charge is -2.21. The average Bonchev–Trinajstić information content (AvgIpc) is 2.04. The highest BCUT2D eigenvalue weighted by Crippen LogP contribution is 2.06. The maximum Gasteiger partial charge on any atom is 0.0359 e. The van der Waals surface area contributed by atoms with Crippen molar-refractivity contribution in [2.75, 3.05) is 13.1 Å². The van der Waals surface area contributed by atoms with Crippen molar-refractivity contribution in [2.24, 2.45) is 0 Å². The monoisotopic (exact) mass is 223 g/mol. The van der Waals surface area contributed by atoms with Gasteiger partial charge in [0.1, 0.15) is 0 Å². The first-order valence-corrected chi connectivity index (χ1v) is 4.42. The van der Waals surface area contributed by atoms with Crippen LogP contribution in [0.2, 0.25) is 0 Å². The van der Waals surface area contributed by atoms with Crippen LogP contribution in [0, 0.1) is 0 Å². The number of nitrogens with zero attached hydrogens (tertiary/aromatic N) is 1. The van der Waals surface area contributed by atoms with Crippen molar-refractivity contribution in [1.29, 1.82) is 0 Å². The van der Waals surface area contributed by atoms with E-state index in [9.17, 15) is 0 Å². The summed E-state index contributed by atoms with van der Waals surface area (Å²) in [6.07, 6.45) is 9.24. The van der Waals surface area contributed by atoms with E-state index in [4.69, 9.17) is 0 Å². The van der Waals surface area contributed by atoms with E-state index in [-0.39, 0.29) is 24.8 Å². The van der Waals surface area contributed by atoms with Gasteiger partial charge in [0.05, 0.1) is 0 Å². The summed E-state index contributed by atoms with van der Waals surface area (Å²) in [4.78, 5) is 2.36. The molecule has 0 spiro atoms. The molecule has 78 valence electrons. The Morgan fingerprint density at radius 3 is 2.54 bits per heavy atom. The van der Waals surface area contributed by atoms with Gasteiger partial charge in [-0.05, 0) is 25.6 Å².